The Hall–Kier alpha value is -7.25. The number of unbranched alkanes of at least 4 members (excludes halogenated alkanes) is 1. The summed E-state index contributed by atoms with van der Waals surface area (Å²) in [6.45, 7) is 5.60. The molecule has 1 aliphatic heterocycles. The van der Waals surface area contributed by atoms with Crippen molar-refractivity contribution in [2.45, 2.75) is 146 Å². The fourth-order valence-electron chi connectivity index (χ4n) is 7.89. The molecule has 9 amide bonds. The van der Waals surface area contributed by atoms with E-state index in [0.717, 1.165) is 10.8 Å². The molecule has 0 aromatic heterocycles. The molecule has 3 rings (SSSR count). The van der Waals surface area contributed by atoms with Crippen molar-refractivity contribution in [3.05, 3.63) is 48.0 Å². The topological polar surface area (TPSA) is 414 Å². The van der Waals surface area contributed by atoms with E-state index in [9.17, 15) is 63.0 Å². The lowest BCUT2D eigenvalue weighted by atomic mass is 10.00. The fraction of sp³-hybridized carbons (Fsp3) is 0.562. The van der Waals surface area contributed by atoms with E-state index in [2.05, 4.69) is 37.2 Å². The third-order valence-corrected chi connectivity index (χ3v) is 12.1. The number of carbonyl (C=O) groups is 11. The molecule has 0 bridgehead atoms. The number of aliphatic hydroxyl groups excluding tert-OH is 1. The number of fused-ring (bicyclic) bond motifs is 1. The zero-order chi connectivity index (χ0) is 54.5. The standard InChI is InChI=1S/C48H71N11O14/c1-25(2)39(58-40(64)26(3)50)47(71)59-21-9-13-36(59)46(70)56-34(23-28-14-15-29-10-5-6-11-30(29)22-28)44(68)52-27(4)41(65)53-32(16-18-37(51)61)43(67)54-31(12-7-8-20-49)42(66)57-35(24-60)45(69)55-33(48(72)73)17-19-38(62)63/h5-6,10-11,14-15,22,25-27,31-36,39,60H,7-9,12-13,16-21,23-24,49-50H2,1-4H3,(H2,51,61)(H,52,68)(H,53,65)(H,54,67)(H,55,69)(H,56,70)(H,57,66)(H,58,64)(H,62,63)(H,72,73)/t26-,27-,31-,32-,33-,34-,35-,36-,39-/m0/s1. The molecule has 402 valence electrons. The molecule has 9 atom stereocenters. The number of primary amides is 1. The number of rotatable bonds is 30. The summed E-state index contributed by atoms with van der Waals surface area (Å²) in [6, 6.07) is 0.812. The van der Waals surface area contributed by atoms with Crippen LogP contribution in [0.1, 0.15) is 91.0 Å². The lowest BCUT2D eigenvalue weighted by Gasteiger charge is -2.31. The molecule has 25 heteroatoms. The van der Waals surface area contributed by atoms with Gasteiger partial charge in [-0.15, -0.1) is 0 Å². The second kappa shape index (κ2) is 29.3. The van der Waals surface area contributed by atoms with Gasteiger partial charge in [0, 0.05) is 25.8 Å². The fourth-order valence-corrected chi connectivity index (χ4v) is 7.89. The first-order valence-corrected chi connectivity index (χ1v) is 24.2. The molecule has 0 aliphatic carbocycles. The van der Waals surface area contributed by atoms with Crippen LogP contribution in [-0.4, -0.2) is 159 Å². The molecule has 0 saturated carbocycles. The van der Waals surface area contributed by atoms with Crippen LogP contribution in [0.15, 0.2) is 42.5 Å². The van der Waals surface area contributed by atoms with E-state index in [0.29, 0.717) is 18.4 Å². The van der Waals surface area contributed by atoms with Gasteiger partial charge in [0.25, 0.3) is 0 Å². The van der Waals surface area contributed by atoms with Gasteiger partial charge >= 0.3 is 11.9 Å². The molecular weight excluding hydrogens is 955 g/mol. The average Bonchev–Trinajstić information content (AvgIpc) is 3.84. The summed E-state index contributed by atoms with van der Waals surface area (Å²) >= 11 is 0. The summed E-state index contributed by atoms with van der Waals surface area (Å²) in [5.41, 5.74) is 17.4. The summed E-state index contributed by atoms with van der Waals surface area (Å²) in [4.78, 5) is 145. The highest BCUT2D eigenvalue weighted by Gasteiger charge is 2.40. The number of nitrogens with two attached hydrogens (primary N) is 3. The average molecular weight is 1030 g/mol. The van der Waals surface area contributed by atoms with E-state index in [4.69, 9.17) is 22.3 Å². The molecule has 73 heavy (non-hydrogen) atoms. The predicted octanol–water partition coefficient (Wildman–Crippen LogP) is -2.87. The van der Waals surface area contributed by atoms with Crippen molar-refractivity contribution in [2.24, 2.45) is 23.1 Å². The van der Waals surface area contributed by atoms with Crippen LogP contribution in [-0.2, 0) is 59.2 Å². The number of aliphatic carboxylic acids is 2. The largest absolute Gasteiger partial charge is 0.481 e. The van der Waals surface area contributed by atoms with Gasteiger partial charge in [-0.25, -0.2) is 4.79 Å². The van der Waals surface area contributed by atoms with Gasteiger partial charge in [0.2, 0.25) is 53.2 Å². The summed E-state index contributed by atoms with van der Waals surface area (Å²) in [5.74, 6) is -10.8. The Balaban J connectivity index is 1.85. The Morgan fingerprint density at radius 3 is 1.82 bits per heavy atom. The van der Waals surface area contributed by atoms with E-state index < -0.39 is 145 Å². The number of carbonyl (C=O) groups excluding carboxylic acids is 9. The van der Waals surface area contributed by atoms with Crippen LogP contribution in [0.4, 0.5) is 0 Å². The molecular formula is C48H71N11O14. The van der Waals surface area contributed by atoms with Crippen LogP contribution in [0, 0.1) is 5.92 Å². The maximum atomic E-state index is 14.2. The molecule has 1 fully saturated rings. The first-order valence-electron chi connectivity index (χ1n) is 24.2. The second-order valence-corrected chi connectivity index (χ2v) is 18.4. The predicted molar refractivity (Wildman–Crippen MR) is 263 cm³/mol. The van der Waals surface area contributed by atoms with Crippen LogP contribution >= 0.6 is 0 Å². The molecule has 0 unspecified atom stereocenters. The zero-order valence-corrected chi connectivity index (χ0v) is 41.5. The minimum absolute atomic E-state index is 0.0720. The minimum Gasteiger partial charge on any atom is -0.481 e. The Bertz CT molecular complexity index is 2310. The third kappa shape index (κ3) is 19.0. The van der Waals surface area contributed by atoms with Gasteiger partial charge < -0.3 is 74.6 Å². The maximum absolute atomic E-state index is 14.2. The van der Waals surface area contributed by atoms with Gasteiger partial charge in [-0.3, -0.25) is 47.9 Å². The first kappa shape index (κ1) is 60.1. The number of benzene rings is 2. The number of nitrogens with zero attached hydrogens (tertiary/aromatic N) is 1. The van der Waals surface area contributed by atoms with Gasteiger partial charge in [-0.1, -0.05) is 56.3 Å². The van der Waals surface area contributed by atoms with Crippen LogP contribution in [0.25, 0.3) is 10.8 Å². The monoisotopic (exact) mass is 1030 g/mol. The molecule has 0 spiro atoms. The number of carboxylic acid groups (broad SMARTS) is 2. The Morgan fingerprint density at radius 2 is 1.23 bits per heavy atom. The van der Waals surface area contributed by atoms with Crippen molar-refractivity contribution in [3.63, 3.8) is 0 Å². The lowest BCUT2D eigenvalue weighted by Crippen LogP contribution is -2.60. The molecule has 1 saturated heterocycles. The minimum atomic E-state index is -1.76. The van der Waals surface area contributed by atoms with Crippen LogP contribution in [0.3, 0.4) is 0 Å². The zero-order valence-electron chi connectivity index (χ0n) is 41.5. The SMILES string of the molecule is CC(C)[C@H](NC(=O)[C@H](C)N)C(=O)N1CCC[C@H]1C(=O)N[C@@H](Cc1ccc2ccccc2c1)C(=O)N[C@@H](C)C(=O)N[C@@H](CCC(N)=O)C(=O)N[C@@H](CCCCN)C(=O)N[C@@H](CO)C(=O)N[C@@H](CCC(=O)O)C(=O)O. The van der Waals surface area contributed by atoms with Crippen molar-refractivity contribution in [1.29, 1.82) is 0 Å². The summed E-state index contributed by atoms with van der Waals surface area (Å²) in [5, 5.41) is 47.4. The smallest absolute Gasteiger partial charge is 0.326 e. The molecule has 2 aromatic carbocycles. The van der Waals surface area contributed by atoms with Crippen LogP contribution in [0.2, 0.25) is 0 Å². The quantitative estimate of drug-likeness (QED) is 0.0350. The van der Waals surface area contributed by atoms with E-state index in [1.165, 1.54) is 18.7 Å². The highest BCUT2D eigenvalue weighted by molar-refractivity contribution is 5.98. The number of nitrogens with one attached hydrogen (secondary N) is 7. The van der Waals surface area contributed by atoms with Crippen molar-refractivity contribution < 1.29 is 68.1 Å². The first-order chi connectivity index (χ1) is 34.5. The van der Waals surface area contributed by atoms with Gasteiger partial charge in [0.1, 0.15) is 48.3 Å². The summed E-state index contributed by atoms with van der Waals surface area (Å²) < 4.78 is 0. The molecule has 25 nitrogen and oxygen atoms in total. The Labute approximate surface area is 422 Å². The normalized spacial score (nSPS) is 16.5. The molecule has 16 N–H and O–H groups in total. The molecule has 1 heterocycles. The Morgan fingerprint density at radius 1 is 0.658 bits per heavy atom. The number of aliphatic hydroxyl groups is 1. The third-order valence-electron chi connectivity index (χ3n) is 12.1. The Kier molecular flexibility index (Phi) is 24.1. The van der Waals surface area contributed by atoms with E-state index >= 15 is 0 Å². The maximum Gasteiger partial charge on any atom is 0.326 e. The summed E-state index contributed by atoms with van der Waals surface area (Å²) in [7, 11) is 0. The van der Waals surface area contributed by atoms with Gasteiger partial charge in [0.05, 0.1) is 12.6 Å². The van der Waals surface area contributed by atoms with Crippen LogP contribution in [0.5, 0.6) is 0 Å². The number of hydrogen-bond acceptors (Lipinski definition) is 14. The van der Waals surface area contributed by atoms with Crippen LogP contribution < -0.4 is 54.4 Å². The highest BCUT2D eigenvalue weighted by atomic mass is 16.4. The molecule has 0 radical (unpaired) electrons. The number of hydrogen-bond donors (Lipinski definition) is 13. The summed E-state index contributed by atoms with van der Waals surface area (Å²) in [6.07, 6.45) is -0.783. The number of likely N-dealkylation sites (tertiary alicyclic amines) is 1. The van der Waals surface area contributed by atoms with E-state index in [1.807, 2.05) is 36.4 Å². The molecule has 1 aliphatic rings. The molecule has 2 aromatic rings. The van der Waals surface area contributed by atoms with Crippen molar-refractivity contribution in [1.82, 2.24) is 42.1 Å². The second-order valence-electron chi connectivity index (χ2n) is 18.4. The van der Waals surface area contributed by atoms with E-state index in [1.54, 1.807) is 19.9 Å². The van der Waals surface area contributed by atoms with Crippen molar-refractivity contribution >= 4 is 75.9 Å². The van der Waals surface area contributed by atoms with Gasteiger partial charge in [0.15, 0.2) is 0 Å². The lowest BCUT2D eigenvalue weighted by molar-refractivity contribution is -0.144. The van der Waals surface area contributed by atoms with Gasteiger partial charge in [-0.05, 0) is 87.6 Å². The van der Waals surface area contributed by atoms with Crippen molar-refractivity contribution in [3.8, 4) is 0 Å². The number of carboxylic acids is 2. The van der Waals surface area contributed by atoms with Gasteiger partial charge in [-0.2, -0.15) is 0 Å². The van der Waals surface area contributed by atoms with E-state index in [-0.39, 0.29) is 51.1 Å². The highest BCUT2D eigenvalue weighted by Crippen LogP contribution is 2.22. The van der Waals surface area contributed by atoms with Crippen molar-refractivity contribution in [2.75, 3.05) is 19.7 Å². The number of amides is 9.